The molecule has 0 fully saturated rings. The molecule has 0 unspecified atom stereocenters. The third-order valence-electron chi connectivity index (χ3n) is 3.60. The third kappa shape index (κ3) is 3.64. The Balaban J connectivity index is 2.53. The second-order valence-electron chi connectivity index (χ2n) is 5.33. The molecule has 7 heteroatoms. The number of cyclic esters (lactones) is 1. The van der Waals surface area contributed by atoms with Crippen LogP contribution in [0.15, 0.2) is 30.0 Å². The van der Waals surface area contributed by atoms with E-state index in [1.165, 1.54) is 38.3 Å². The van der Waals surface area contributed by atoms with Crippen molar-refractivity contribution in [2.75, 3.05) is 7.11 Å². The lowest BCUT2D eigenvalue weighted by atomic mass is 10.00. The Morgan fingerprint density at radius 1 is 1.25 bits per heavy atom. The van der Waals surface area contributed by atoms with Gasteiger partial charge in [0.1, 0.15) is 29.4 Å². The zero-order valence-corrected chi connectivity index (χ0v) is 13.2. The predicted molar refractivity (Wildman–Crippen MR) is 84.5 cm³/mol. The number of hydrogen-bond acceptors (Lipinski definition) is 7. The van der Waals surface area contributed by atoms with Crippen LogP contribution >= 0.6 is 0 Å². The summed E-state index contributed by atoms with van der Waals surface area (Å²) in [6.07, 6.45) is 0.882. The van der Waals surface area contributed by atoms with Crippen molar-refractivity contribution >= 4 is 17.8 Å². The molecule has 7 nitrogen and oxygen atoms in total. The Hall–Kier alpha value is -2.64. The van der Waals surface area contributed by atoms with Crippen LogP contribution in [0.25, 0.3) is 6.08 Å². The van der Waals surface area contributed by atoms with Crippen molar-refractivity contribution < 1.29 is 34.4 Å². The lowest BCUT2D eigenvalue weighted by molar-refractivity contribution is -0.128. The van der Waals surface area contributed by atoms with Gasteiger partial charge in [0.05, 0.1) is 13.2 Å². The molecule has 1 aromatic rings. The number of carbonyl (C=O) groups excluding carboxylic acids is 2. The fourth-order valence-electron chi connectivity index (χ4n) is 2.22. The molecular formula is C17H18O7. The first-order chi connectivity index (χ1) is 11.3. The van der Waals surface area contributed by atoms with Crippen LogP contribution < -0.4 is 4.74 Å². The van der Waals surface area contributed by atoms with Crippen LogP contribution in [0.4, 0.5) is 0 Å². The highest BCUT2D eigenvalue weighted by atomic mass is 16.5. The minimum atomic E-state index is -1.62. The molecule has 0 saturated carbocycles. The highest BCUT2D eigenvalue weighted by molar-refractivity contribution is 6.00. The Morgan fingerprint density at radius 2 is 1.96 bits per heavy atom. The van der Waals surface area contributed by atoms with E-state index < -0.39 is 24.0 Å². The second kappa shape index (κ2) is 7.29. The van der Waals surface area contributed by atoms with E-state index in [9.17, 15) is 24.9 Å². The number of hydrogen-bond donors (Lipinski definition) is 3. The van der Waals surface area contributed by atoms with Gasteiger partial charge < -0.3 is 24.8 Å². The highest BCUT2D eigenvalue weighted by Crippen LogP contribution is 2.30. The van der Waals surface area contributed by atoms with E-state index in [1.807, 2.05) is 0 Å². The van der Waals surface area contributed by atoms with Gasteiger partial charge in [-0.1, -0.05) is 12.2 Å². The van der Waals surface area contributed by atoms with E-state index in [0.29, 0.717) is 11.3 Å². The molecule has 1 aliphatic rings. The molecule has 0 saturated heterocycles. The summed E-state index contributed by atoms with van der Waals surface area (Å²) in [4.78, 5) is 24.1. The third-order valence-corrected chi connectivity index (χ3v) is 3.60. The molecule has 2 atom stereocenters. The first-order valence-corrected chi connectivity index (χ1v) is 7.20. The average molecular weight is 334 g/mol. The summed E-state index contributed by atoms with van der Waals surface area (Å²) in [7, 11) is 1.41. The number of esters is 1. The van der Waals surface area contributed by atoms with Gasteiger partial charge >= 0.3 is 5.97 Å². The monoisotopic (exact) mass is 334 g/mol. The Kier molecular flexibility index (Phi) is 5.38. The summed E-state index contributed by atoms with van der Waals surface area (Å²) in [5.74, 6) is -1.62. The molecule has 0 aliphatic carbocycles. The number of ether oxygens (including phenoxy) is 2. The van der Waals surface area contributed by atoms with Gasteiger partial charge in [0, 0.05) is 11.6 Å². The summed E-state index contributed by atoms with van der Waals surface area (Å²) in [5.41, 5.74) is 0.185. The molecular weight excluding hydrogens is 316 g/mol. The molecule has 1 aliphatic heterocycles. The lowest BCUT2D eigenvalue weighted by Crippen LogP contribution is -2.34. The van der Waals surface area contributed by atoms with E-state index in [4.69, 9.17) is 9.47 Å². The lowest BCUT2D eigenvalue weighted by Gasteiger charge is -2.16. The van der Waals surface area contributed by atoms with Crippen molar-refractivity contribution in [1.29, 1.82) is 0 Å². The summed E-state index contributed by atoms with van der Waals surface area (Å²) in [6, 6.07) is 2.78. The number of ketones is 1. The molecule has 0 radical (unpaired) electrons. The standard InChI is InChI=1S/C17H18O7/c1-9-8-24-17(22)14-10(6-11(23-2)7-13(14)19)4-3-5-12(18)16(21)15(9)20/h3-4,6-8,12,16,18-19,21H,5H2,1-2H3/b4-3+,9-8+/t12-,16-/m0/s1. The number of fused-ring (bicyclic) bond motifs is 1. The van der Waals surface area contributed by atoms with Crippen molar-refractivity contribution in [3.05, 3.63) is 41.2 Å². The minimum absolute atomic E-state index is 0.0212. The zero-order chi connectivity index (χ0) is 17.9. The molecule has 3 N–H and O–H groups in total. The maximum absolute atomic E-state index is 12.2. The molecule has 1 heterocycles. The SMILES string of the molecule is COc1cc(O)c2c(c1)/C=C/C[C@H](O)[C@H](O)C(=O)/C(C)=C/OC2=O. The van der Waals surface area contributed by atoms with E-state index in [1.54, 1.807) is 0 Å². The summed E-state index contributed by atoms with van der Waals surface area (Å²) in [6.45, 7) is 1.35. The Labute approximate surface area is 138 Å². The van der Waals surface area contributed by atoms with Crippen molar-refractivity contribution in [3.8, 4) is 11.5 Å². The van der Waals surface area contributed by atoms with Crippen molar-refractivity contribution in [3.63, 3.8) is 0 Å². The maximum atomic E-state index is 12.2. The van der Waals surface area contributed by atoms with Crippen molar-refractivity contribution in [2.24, 2.45) is 0 Å². The first-order valence-electron chi connectivity index (χ1n) is 7.20. The topological polar surface area (TPSA) is 113 Å². The fraction of sp³-hybridized carbons (Fsp3) is 0.294. The number of phenolic OH excluding ortho intramolecular Hbond substituents is 1. The molecule has 0 spiro atoms. The van der Waals surface area contributed by atoms with Gasteiger partial charge in [0.15, 0.2) is 5.78 Å². The Bertz CT molecular complexity index is 718. The van der Waals surface area contributed by atoms with Crippen molar-refractivity contribution in [2.45, 2.75) is 25.6 Å². The van der Waals surface area contributed by atoms with E-state index >= 15 is 0 Å². The predicted octanol–water partition coefficient (Wildman–Crippen LogP) is 1.17. The van der Waals surface area contributed by atoms with Crippen LogP contribution in [0.1, 0.15) is 29.3 Å². The average Bonchev–Trinajstić information content (AvgIpc) is 2.56. The number of aliphatic hydroxyl groups is 2. The van der Waals surface area contributed by atoms with E-state index in [-0.39, 0.29) is 23.3 Å². The number of methoxy groups -OCH3 is 1. The molecule has 1 aromatic carbocycles. The number of benzene rings is 1. The Morgan fingerprint density at radius 3 is 2.62 bits per heavy atom. The van der Waals surface area contributed by atoms with Crippen molar-refractivity contribution in [1.82, 2.24) is 0 Å². The van der Waals surface area contributed by atoms with Crippen LogP contribution in [0, 0.1) is 0 Å². The van der Waals surface area contributed by atoms with Gasteiger partial charge in [-0.3, -0.25) is 4.79 Å². The van der Waals surface area contributed by atoms with Gasteiger partial charge in [-0.25, -0.2) is 4.79 Å². The van der Waals surface area contributed by atoms with Gasteiger partial charge in [-0.15, -0.1) is 0 Å². The van der Waals surface area contributed by atoms with E-state index in [0.717, 1.165) is 6.26 Å². The summed E-state index contributed by atoms with van der Waals surface area (Å²) < 4.78 is 9.96. The van der Waals surface area contributed by atoms with Gasteiger partial charge in [-0.2, -0.15) is 0 Å². The number of phenols is 1. The smallest absolute Gasteiger partial charge is 0.347 e. The van der Waals surface area contributed by atoms with Crippen LogP contribution in [0.2, 0.25) is 0 Å². The zero-order valence-electron chi connectivity index (χ0n) is 13.2. The molecule has 0 aromatic heterocycles. The minimum Gasteiger partial charge on any atom is -0.507 e. The molecule has 128 valence electrons. The molecule has 0 amide bonds. The molecule has 2 rings (SSSR count). The van der Waals surface area contributed by atoms with Gasteiger partial charge in [-0.05, 0) is 25.0 Å². The largest absolute Gasteiger partial charge is 0.507 e. The van der Waals surface area contributed by atoms with Crippen LogP contribution in [0.5, 0.6) is 11.5 Å². The second-order valence-corrected chi connectivity index (χ2v) is 5.33. The quantitative estimate of drug-likeness (QED) is 0.661. The fourth-order valence-corrected chi connectivity index (χ4v) is 2.22. The number of aromatic hydroxyl groups is 1. The summed E-state index contributed by atoms with van der Waals surface area (Å²) in [5, 5.41) is 29.8. The number of aliphatic hydroxyl groups excluding tert-OH is 2. The molecule has 0 bridgehead atoms. The van der Waals surface area contributed by atoms with Gasteiger partial charge in [0.25, 0.3) is 0 Å². The molecule has 24 heavy (non-hydrogen) atoms. The number of Topliss-reactive ketones (excluding diaryl/α,β-unsaturated/α-hetero) is 1. The van der Waals surface area contributed by atoms with Gasteiger partial charge in [0.2, 0.25) is 0 Å². The summed E-state index contributed by atoms with van der Waals surface area (Å²) >= 11 is 0. The van der Waals surface area contributed by atoms with E-state index in [2.05, 4.69) is 0 Å². The highest BCUT2D eigenvalue weighted by Gasteiger charge is 2.26. The number of rotatable bonds is 1. The van der Waals surface area contributed by atoms with Crippen LogP contribution in [-0.4, -0.2) is 46.4 Å². The first kappa shape index (κ1) is 17.7. The number of carbonyl (C=O) groups is 2. The maximum Gasteiger partial charge on any atom is 0.347 e. The van der Waals surface area contributed by atoms with Crippen LogP contribution in [-0.2, 0) is 9.53 Å². The van der Waals surface area contributed by atoms with Crippen LogP contribution in [0.3, 0.4) is 0 Å². The normalized spacial score (nSPS) is 25.4.